The van der Waals surface area contributed by atoms with Crippen molar-refractivity contribution in [1.82, 2.24) is 0 Å². The summed E-state index contributed by atoms with van der Waals surface area (Å²) in [7, 11) is 0. The Hall–Kier alpha value is 0.690. The van der Waals surface area contributed by atoms with Crippen molar-refractivity contribution in [1.29, 1.82) is 0 Å². The van der Waals surface area contributed by atoms with Crippen LogP contribution in [0, 0.1) is 0 Å². The molecular weight excluding hydrogens is 275 g/mol. The van der Waals surface area contributed by atoms with Gasteiger partial charge in [-0.25, -0.2) is 0 Å². The van der Waals surface area contributed by atoms with Crippen LogP contribution in [0.4, 0.5) is 0 Å². The lowest BCUT2D eigenvalue weighted by molar-refractivity contribution is -0.0411. The third-order valence-corrected chi connectivity index (χ3v) is 4.51. The Kier molecular flexibility index (Phi) is 3.52. The monoisotopic (exact) mass is 294 g/mol. The van der Waals surface area contributed by atoms with Gasteiger partial charge in [0.25, 0.3) is 0 Å². The average molecular weight is 294 g/mol. The van der Waals surface area contributed by atoms with Crippen LogP contribution in [0.5, 0.6) is 0 Å². The molecule has 0 bridgehead atoms. The van der Waals surface area contributed by atoms with Crippen molar-refractivity contribution in [3.8, 4) is 0 Å². The summed E-state index contributed by atoms with van der Waals surface area (Å²) in [6.45, 7) is 0. The highest BCUT2D eigenvalue weighted by Crippen LogP contribution is 2.41. The van der Waals surface area contributed by atoms with Gasteiger partial charge < -0.3 is 4.74 Å². The number of rotatable bonds is 1. The van der Waals surface area contributed by atoms with Gasteiger partial charge in [0.15, 0.2) is 0 Å². The Bertz CT molecular complexity index is 161. The number of hydrogen-bond donors (Lipinski definition) is 0. The fourth-order valence-electron chi connectivity index (χ4n) is 2.74. The molecule has 1 saturated heterocycles. The van der Waals surface area contributed by atoms with Gasteiger partial charge in [-0.15, -0.1) is 0 Å². The summed E-state index contributed by atoms with van der Waals surface area (Å²) in [4.78, 5) is 0. The molecule has 1 aliphatic carbocycles. The van der Waals surface area contributed by atoms with E-state index in [0.717, 1.165) is 0 Å². The highest BCUT2D eigenvalue weighted by Gasteiger charge is 2.39. The van der Waals surface area contributed by atoms with Gasteiger partial charge in [0.2, 0.25) is 0 Å². The topological polar surface area (TPSA) is 9.23 Å². The molecule has 1 saturated carbocycles. The van der Waals surface area contributed by atoms with Gasteiger partial charge >= 0.3 is 0 Å². The molecule has 0 aromatic rings. The molecule has 0 aromatic heterocycles. The molecule has 2 heteroatoms. The largest absolute Gasteiger partial charge is 0.371 e. The second-order valence-corrected chi connectivity index (χ2v) is 5.41. The van der Waals surface area contributed by atoms with E-state index in [4.69, 9.17) is 4.74 Å². The third kappa shape index (κ3) is 2.38. The van der Waals surface area contributed by atoms with Gasteiger partial charge in [0.05, 0.1) is 11.7 Å². The maximum atomic E-state index is 6.21. The SMILES string of the molecule is ICC1CCC2(CCCCCC2)O1. The molecule has 1 unspecified atom stereocenters. The van der Waals surface area contributed by atoms with Gasteiger partial charge in [-0.2, -0.15) is 0 Å². The van der Waals surface area contributed by atoms with E-state index in [-0.39, 0.29) is 0 Å². The van der Waals surface area contributed by atoms with E-state index in [0.29, 0.717) is 11.7 Å². The molecule has 1 nitrogen and oxygen atoms in total. The average Bonchev–Trinajstić information content (AvgIpc) is 2.40. The normalized spacial score (nSPS) is 33.5. The number of alkyl halides is 1. The minimum Gasteiger partial charge on any atom is -0.371 e. The lowest BCUT2D eigenvalue weighted by Crippen LogP contribution is -2.28. The zero-order valence-electron chi connectivity index (χ0n) is 8.23. The van der Waals surface area contributed by atoms with Crippen molar-refractivity contribution in [2.24, 2.45) is 0 Å². The van der Waals surface area contributed by atoms with E-state index in [1.165, 1.54) is 55.8 Å². The zero-order valence-corrected chi connectivity index (χ0v) is 10.4. The number of halogens is 1. The molecule has 0 radical (unpaired) electrons. The predicted octanol–water partition coefficient (Wildman–Crippen LogP) is 3.69. The summed E-state index contributed by atoms with van der Waals surface area (Å²) in [6, 6.07) is 0. The third-order valence-electron chi connectivity index (χ3n) is 3.53. The van der Waals surface area contributed by atoms with Crippen LogP contribution in [0.1, 0.15) is 51.4 Å². The summed E-state index contributed by atoms with van der Waals surface area (Å²) in [5, 5.41) is 0. The molecule has 1 heterocycles. The molecule has 0 aromatic carbocycles. The highest BCUT2D eigenvalue weighted by molar-refractivity contribution is 14.1. The first-order valence-electron chi connectivity index (χ1n) is 5.58. The molecular formula is C11H19IO. The van der Waals surface area contributed by atoms with Crippen LogP contribution >= 0.6 is 22.6 Å². The Morgan fingerprint density at radius 1 is 1.08 bits per heavy atom. The first kappa shape index (κ1) is 10.2. The highest BCUT2D eigenvalue weighted by atomic mass is 127. The summed E-state index contributed by atoms with van der Waals surface area (Å²) in [6.07, 6.45) is 11.5. The van der Waals surface area contributed by atoms with Gasteiger partial charge in [0.1, 0.15) is 0 Å². The van der Waals surface area contributed by atoms with Crippen LogP contribution < -0.4 is 0 Å². The molecule has 2 fully saturated rings. The van der Waals surface area contributed by atoms with E-state index in [1.807, 2.05) is 0 Å². The lowest BCUT2D eigenvalue weighted by atomic mass is 9.91. The maximum Gasteiger partial charge on any atom is 0.0687 e. The van der Waals surface area contributed by atoms with E-state index >= 15 is 0 Å². The van der Waals surface area contributed by atoms with Gasteiger partial charge in [0, 0.05) is 4.43 Å². The van der Waals surface area contributed by atoms with Crippen molar-refractivity contribution in [3.63, 3.8) is 0 Å². The maximum absolute atomic E-state index is 6.21. The van der Waals surface area contributed by atoms with Crippen molar-refractivity contribution in [2.45, 2.75) is 63.1 Å². The summed E-state index contributed by atoms with van der Waals surface area (Å²) >= 11 is 2.45. The molecule has 2 aliphatic rings. The Balaban J connectivity index is 1.95. The molecule has 76 valence electrons. The van der Waals surface area contributed by atoms with E-state index in [1.54, 1.807) is 0 Å². The Morgan fingerprint density at radius 3 is 2.31 bits per heavy atom. The van der Waals surface area contributed by atoms with Crippen molar-refractivity contribution in [3.05, 3.63) is 0 Å². The second-order valence-electron chi connectivity index (χ2n) is 4.53. The second kappa shape index (κ2) is 4.47. The van der Waals surface area contributed by atoms with E-state index in [2.05, 4.69) is 22.6 Å². The summed E-state index contributed by atoms with van der Waals surface area (Å²) in [5.41, 5.74) is 0.326. The summed E-state index contributed by atoms with van der Waals surface area (Å²) < 4.78 is 7.39. The predicted molar refractivity (Wildman–Crippen MR) is 63.4 cm³/mol. The van der Waals surface area contributed by atoms with E-state index < -0.39 is 0 Å². The lowest BCUT2D eigenvalue weighted by Gasteiger charge is -2.27. The van der Waals surface area contributed by atoms with Crippen LogP contribution in [0.2, 0.25) is 0 Å². The molecule has 1 atom stereocenters. The molecule has 1 aliphatic heterocycles. The van der Waals surface area contributed by atoms with Crippen LogP contribution in [-0.2, 0) is 4.74 Å². The molecule has 13 heavy (non-hydrogen) atoms. The van der Waals surface area contributed by atoms with Crippen LogP contribution in [0.25, 0.3) is 0 Å². The fraction of sp³-hybridized carbons (Fsp3) is 1.00. The number of hydrogen-bond acceptors (Lipinski definition) is 1. The van der Waals surface area contributed by atoms with Crippen LogP contribution in [0.15, 0.2) is 0 Å². The van der Waals surface area contributed by atoms with Crippen LogP contribution in [0.3, 0.4) is 0 Å². The smallest absolute Gasteiger partial charge is 0.0687 e. The van der Waals surface area contributed by atoms with Crippen molar-refractivity contribution < 1.29 is 4.74 Å². The zero-order chi connectivity index (χ0) is 9.15. The summed E-state index contributed by atoms with van der Waals surface area (Å²) in [5.74, 6) is 0. The van der Waals surface area contributed by atoms with Gasteiger partial charge in [-0.1, -0.05) is 48.3 Å². The minimum absolute atomic E-state index is 0.326. The van der Waals surface area contributed by atoms with Crippen LogP contribution in [-0.4, -0.2) is 16.1 Å². The first-order chi connectivity index (χ1) is 6.35. The van der Waals surface area contributed by atoms with E-state index in [9.17, 15) is 0 Å². The fourth-order valence-corrected chi connectivity index (χ4v) is 3.37. The Morgan fingerprint density at radius 2 is 1.77 bits per heavy atom. The minimum atomic E-state index is 0.326. The molecule has 2 rings (SSSR count). The first-order valence-corrected chi connectivity index (χ1v) is 7.11. The standard InChI is InChI=1S/C11H19IO/c12-9-10-5-8-11(13-10)6-3-1-2-4-7-11/h10H,1-9H2. The number of ether oxygens (including phenoxy) is 1. The van der Waals surface area contributed by atoms with Gasteiger partial charge in [-0.3, -0.25) is 0 Å². The van der Waals surface area contributed by atoms with Crippen molar-refractivity contribution in [2.75, 3.05) is 4.43 Å². The Labute approximate surface area is 94.8 Å². The molecule has 0 amide bonds. The van der Waals surface area contributed by atoms with Gasteiger partial charge in [-0.05, 0) is 25.7 Å². The van der Waals surface area contributed by atoms with Crippen molar-refractivity contribution >= 4 is 22.6 Å². The molecule has 1 spiro atoms. The quantitative estimate of drug-likeness (QED) is 0.529. The molecule has 0 N–H and O–H groups in total.